The number of nitrogens with zero attached hydrogens (tertiary/aromatic N) is 1. The maximum atomic E-state index is 12.3. The fraction of sp³-hybridized carbons (Fsp3) is 0.615. The molecule has 1 aromatic rings. The van der Waals surface area contributed by atoms with E-state index in [1.165, 1.54) is 0 Å². The van der Waals surface area contributed by atoms with Crippen molar-refractivity contribution >= 4 is 0 Å². The number of nitrogens with one attached hydrogen (secondary N) is 1. The maximum absolute atomic E-state index is 12.3. The zero-order valence-corrected chi connectivity index (χ0v) is 10.7. The summed E-state index contributed by atoms with van der Waals surface area (Å²) in [4.78, 5) is 4.00. The Balaban J connectivity index is 2.75. The fourth-order valence-electron chi connectivity index (χ4n) is 1.84. The number of hydrogen-bond acceptors (Lipinski definition) is 2. The Bertz CT molecular complexity index is 363. The molecule has 102 valence electrons. The molecule has 5 heteroatoms. The highest BCUT2D eigenvalue weighted by Gasteiger charge is 2.28. The Morgan fingerprint density at radius 3 is 2.67 bits per heavy atom. The second kappa shape index (κ2) is 6.73. The minimum atomic E-state index is -4.11. The predicted octanol–water partition coefficient (Wildman–Crippen LogP) is 3.77. The predicted molar refractivity (Wildman–Crippen MR) is 65.3 cm³/mol. The van der Waals surface area contributed by atoms with E-state index >= 15 is 0 Å². The van der Waals surface area contributed by atoms with Crippen LogP contribution in [0.15, 0.2) is 18.5 Å². The lowest BCUT2D eigenvalue weighted by atomic mass is 9.99. The van der Waals surface area contributed by atoms with Gasteiger partial charge in [0, 0.05) is 24.9 Å². The van der Waals surface area contributed by atoms with Crippen molar-refractivity contribution in [3.63, 3.8) is 0 Å². The Labute approximate surface area is 106 Å². The summed E-state index contributed by atoms with van der Waals surface area (Å²) >= 11 is 0. The van der Waals surface area contributed by atoms with E-state index in [9.17, 15) is 13.2 Å². The second-order valence-electron chi connectivity index (χ2n) is 4.39. The standard InChI is InChI=1S/C13H19F3N2/c1-3-7-18-12(4-6-13(14,15)16)11-9-17-8-5-10(11)2/h5,8-9,12,18H,3-4,6-7H2,1-2H3. The molecule has 0 saturated carbocycles. The summed E-state index contributed by atoms with van der Waals surface area (Å²) in [5.41, 5.74) is 1.83. The Kier molecular flexibility index (Phi) is 5.59. The minimum absolute atomic E-state index is 0.0516. The third kappa shape index (κ3) is 5.04. The molecule has 0 bridgehead atoms. The molecule has 0 aliphatic rings. The number of alkyl halides is 3. The summed E-state index contributed by atoms with van der Waals surface area (Å²) in [5, 5.41) is 3.16. The molecule has 0 spiro atoms. The van der Waals surface area contributed by atoms with Crippen LogP contribution in [-0.4, -0.2) is 17.7 Å². The molecule has 1 aromatic heterocycles. The Morgan fingerprint density at radius 2 is 2.11 bits per heavy atom. The first kappa shape index (κ1) is 15.0. The quantitative estimate of drug-likeness (QED) is 0.842. The average Bonchev–Trinajstić information content (AvgIpc) is 2.29. The van der Waals surface area contributed by atoms with Crippen LogP contribution in [0.5, 0.6) is 0 Å². The van der Waals surface area contributed by atoms with Crippen LogP contribution in [0, 0.1) is 6.92 Å². The molecular weight excluding hydrogens is 241 g/mol. The molecule has 0 radical (unpaired) electrons. The SMILES string of the molecule is CCCNC(CCC(F)(F)F)c1cnccc1C. The highest BCUT2D eigenvalue weighted by atomic mass is 19.4. The minimum Gasteiger partial charge on any atom is -0.310 e. The van der Waals surface area contributed by atoms with Gasteiger partial charge in [-0.2, -0.15) is 13.2 Å². The van der Waals surface area contributed by atoms with Crippen LogP contribution in [0.4, 0.5) is 13.2 Å². The van der Waals surface area contributed by atoms with E-state index < -0.39 is 12.6 Å². The number of hydrogen-bond donors (Lipinski definition) is 1. The van der Waals surface area contributed by atoms with E-state index in [1.807, 2.05) is 19.9 Å². The zero-order valence-electron chi connectivity index (χ0n) is 10.7. The molecule has 1 heterocycles. The number of aryl methyl sites for hydroxylation is 1. The molecule has 1 rings (SSSR count). The molecule has 0 aliphatic carbocycles. The van der Waals surface area contributed by atoms with Crippen molar-refractivity contribution in [3.8, 4) is 0 Å². The van der Waals surface area contributed by atoms with E-state index in [2.05, 4.69) is 10.3 Å². The summed E-state index contributed by atoms with van der Waals surface area (Å²) in [6, 6.07) is 1.55. The Hall–Kier alpha value is -1.10. The summed E-state index contributed by atoms with van der Waals surface area (Å²) < 4.78 is 36.9. The van der Waals surface area contributed by atoms with Crippen molar-refractivity contribution in [1.82, 2.24) is 10.3 Å². The third-order valence-corrected chi connectivity index (χ3v) is 2.81. The lowest BCUT2D eigenvalue weighted by Gasteiger charge is -2.21. The lowest BCUT2D eigenvalue weighted by molar-refractivity contribution is -0.136. The highest BCUT2D eigenvalue weighted by Crippen LogP contribution is 2.28. The first-order chi connectivity index (χ1) is 8.44. The van der Waals surface area contributed by atoms with Crippen molar-refractivity contribution in [2.24, 2.45) is 0 Å². The van der Waals surface area contributed by atoms with Crippen LogP contribution >= 0.6 is 0 Å². The molecule has 1 atom stereocenters. The van der Waals surface area contributed by atoms with Gasteiger partial charge in [0.25, 0.3) is 0 Å². The molecule has 0 fully saturated rings. The lowest BCUT2D eigenvalue weighted by Crippen LogP contribution is -2.25. The number of pyridine rings is 1. The van der Waals surface area contributed by atoms with E-state index in [1.54, 1.807) is 12.4 Å². The summed E-state index contributed by atoms with van der Waals surface area (Å²) in [6.45, 7) is 4.59. The second-order valence-corrected chi connectivity index (χ2v) is 4.39. The van der Waals surface area contributed by atoms with Gasteiger partial charge in [0.15, 0.2) is 0 Å². The molecule has 0 aromatic carbocycles. The zero-order chi connectivity index (χ0) is 13.6. The molecular formula is C13H19F3N2. The van der Waals surface area contributed by atoms with Gasteiger partial charge in [0.2, 0.25) is 0 Å². The van der Waals surface area contributed by atoms with E-state index in [0.717, 1.165) is 17.5 Å². The van der Waals surface area contributed by atoms with Crippen molar-refractivity contribution in [2.45, 2.75) is 45.3 Å². The Morgan fingerprint density at radius 1 is 1.39 bits per heavy atom. The van der Waals surface area contributed by atoms with Gasteiger partial charge < -0.3 is 5.32 Å². The number of rotatable bonds is 6. The normalized spacial score (nSPS) is 13.6. The van der Waals surface area contributed by atoms with Crippen LogP contribution in [0.25, 0.3) is 0 Å². The van der Waals surface area contributed by atoms with Crippen molar-refractivity contribution in [1.29, 1.82) is 0 Å². The monoisotopic (exact) mass is 260 g/mol. The topological polar surface area (TPSA) is 24.9 Å². The molecule has 0 saturated heterocycles. The van der Waals surface area contributed by atoms with Gasteiger partial charge in [0.05, 0.1) is 0 Å². The maximum Gasteiger partial charge on any atom is 0.389 e. The highest BCUT2D eigenvalue weighted by molar-refractivity contribution is 5.25. The summed E-state index contributed by atoms with van der Waals surface area (Å²) in [5.74, 6) is 0. The molecule has 0 amide bonds. The smallest absolute Gasteiger partial charge is 0.310 e. The average molecular weight is 260 g/mol. The van der Waals surface area contributed by atoms with E-state index in [4.69, 9.17) is 0 Å². The summed E-state index contributed by atoms with van der Waals surface area (Å²) in [7, 11) is 0. The van der Waals surface area contributed by atoms with Crippen LogP contribution in [-0.2, 0) is 0 Å². The van der Waals surface area contributed by atoms with Gasteiger partial charge >= 0.3 is 6.18 Å². The van der Waals surface area contributed by atoms with Gasteiger partial charge in [-0.25, -0.2) is 0 Å². The van der Waals surface area contributed by atoms with Crippen molar-refractivity contribution in [3.05, 3.63) is 29.6 Å². The van der Waals surface area contributed by atoms with Gasteiger partial charge in [-0.05, 0) is 43.5 Å². The molecule has 1 unspecified atom stereocenters. The summed E-state index contributed by atoms with van der Waals surface area (Å²) in [6.07, 6.45) is -0.638. The fourth-order valence-corrected chi connectivity index (χ4v) is 1.84. The van der Waals surface area contributed by atoms with Crippen LogP contribution in [0.1, 0.15) is 43.4 Å². The molecule has 1 N–H and O–H groups in total. The van der Waals surface area contributed by atoms with Crippen LogP contribution < -0.4 is 5.32 Å². The van der Waals surface area contributed by atoms with Crippen molar-refractivity contribution in [2.75, 3.05) is 6.54 Å². The van der Waals surface area contributed by atoms with Crippen LogP contribution in [0.3, 0.4) is 0 Å². The van der Waals surface area contributed by atoms with E-state index in [0.29, 0.717) is 6.54 Å². The molecule has 18 heavy (non-hydrogen) atoms. The van der Waals surface area contributed by atoms with Gasteiger partial charge in [-0.15, -0.1) is 0 Å². The van der Waals surface area contributed by atoms with E-state index in [-0.39, 0.29) is 12.5 Å². The first-order valence-electron chi connectivity index (χ1n) is 6.14. The molecule has 0 aliphatic heterocycles. The largest absolute Gasteiger partial charge is 0.389 e. The third-order valence-electron chi connectivity index (χ3n) is 2.81. The first-order valence-corrected chi connectivity index (χ1v) is 6.14. The number of halogens is 3. The van der Waals surface area contributed by atoms with Gasteiger partial charge in [0.1, 0.15) is 0 Å². The van der Waals surface area contributed by atoms with Crippen molar-refractivity contribution < 1.29 is 13.2 Å². The van der Waals surface area contributed by atoms with Crippen LogP contribution in [0.2, 0.25) is 0 Å². The molecule has 2 nitrogen and oxygen atoms in total. The van der Waals surface area contributed by atoms with Gasteiger partial charge in [-0.1, -0.05) is 6.92 Å². The van der Waals surface area contributed by atoms with Gasteiger partial charge in [-0.3, -0.25) is 4.98 Å². The number of aromatic nitrogens is 1.